The molecule has 0 aromatic heterocycles. The molecule has 2 aromatic carbocycles. The van der Waals surface area contributed by atoms with Gasteiger partial charge >= 0.3 is 0 Å². The van der Waals surface area contributed by atoms with Crippen LogP contribution in [0.15, 0.2) is 54.6 Å². The van der Waals surface area contributed by atoms with Crippen LogP contribution in [0.25, 0.3) is 11.1 Å². The van der Waals surface area contributed by atoms with Gasteiger partial charge in [0, 0.05) is 12.0 Å². The Kier molecular flexibility index (Phi) is 6.25. The third-order valence-corrected chi connectivity index (χ3v) is 3.29. The van der Waals surface area contributed by atoms with Crippen molar-refractivity contribution < 1.29 is 15.2 Å². The molecule has 2 rings (SSSR count). The Hall–Kier alpha value is -1.84. The van der Waals surface area contributed by atoms with Crippen molar-refractivity contribution in [1.29, 1.82) is 0 Å². The SMILES string of the molecule is C[C@H](O)C[NH2+]CCCOc1ccccc1-c1ccccc1. The van der Waals surface area contributed by atoms with Crippen molar-refractivity contribution in [3.63, 3.8) is 0 Å². The van der Waals surface area contributed by atoms with Crippen molar-refractivity contribution in [1.82, 2.24) is 0 Å². The van der Waals surface area contributed by atoms with Gasteiger partial charge in [-0.3, -0.25) is 0 Å². The molecule has 0 aliphatic carbocycles. The van der Waals surface area contributed by atoms with Crippen LogP contribution in [0.1, 0.15) is 13.3 Å². The maximum Gasteiger partial charge on any atom is 0.127 e. The lowest BCUT2D eigenvalue weighted by Crippen LogP contribution is -2.86. The normalized spacial score (nSPS) is 12.1. The predicted molar refractivity (Wildman–Crippen MR) is 85.3 cm³/mol. The van der Waals surface area contributed by atoms with Gasteiger partial charge < -0.3 is 15.2 Å². The van der Waals surface area contributed by atoms with Crippen LogP contribution in [-0.2, 0) is 0 Å². The van der Waals surface area contributed by atoms with Gasteiger partial charge in [0.1, 0.15) is 12.3 Å². The second kappa shape index (κ2) is 8.45. The van der Waals surface area contributed by atoms with E-state index in [2.05, 4.69) is 23.5 Å². The molecule has 0 heterocycles. The highest BCUT2D eigenvalue weighted by atomic mass is 16.5. The van der Waals surface area contributed by atoms with Crippen molar-refractivity contribution in [2.24, 2.45) is 0 Å². The van der Waals surface area contributed by atoms with Crippen molar-refractivity contribution >= 4 is 0 Å². The highest BCUT2D eigenvalue weighted by molar-refractivity contribution is 5.70. The van der Waals surface area contributed by atoms with E-state index < -0.39 is 0 Å². The summed E-state index contributed by atoms with van der Waals surface area (Å²) in [4.78, 5) is 0. The predicted octanol–water partition coefficient (Wildman–Crippen LogP) is 2.07. The van der Waals surface area contributed by atoms with E-state index in [4.69, 9.17) is 4.74 Å². The van der Waals surface area contributed by atoms with Gasteiger partial charge in [-0.2, -0.15) is 0 Å². The van der Waals surface area contributed by atoms with Crippen LogP contribution >= 0.6 is 0 Å². The van der Waals surface area contributed by atoms with Crippen molar-refractivity contribution in [3.05, 3.63) is 54.6 Å². The highest BCUT2D eigenvalue weighted by Gasteiger charge is 2.05. The maximum atomic E-state index is 9.19. The topological polar surface area (TPSA) is 46.1 Å². The number of aliphatic hydroxyl groups excluding tert-OH is 1. The third kappa shape index (κ3) is 5.21. The molecule has 3 N–H and O–H groups in total. The second-order valence-electron chi connectivity index (χ2n) is 5.23. The van der Waals surface area contributed by atoms with E-state index in [-0.39, 0.29) is 6.10 Å². The van der Waals surface area contributed by atoms with Gasteiger partial charge in [-0.05, 0) is 18.6 Å². The molecule has 1 atom stereocenters. The smallest absolute Gasteiger partial charge is 0.127 e. The lowest BCUT2D eigenvalue weighted by molar-refractivity contribution is -0.660. The molecule has 0 saturated carbocycles. The van der Waals surface area contributed by atoms with Gasteiger partial charge in [0.15, 0.2) is 0 Å². The second-order valence-corrected chi connectivity index (χ2v) is 5.23. The number of rotatable bonds is 8. The van der Waals surface area contributed by atoms with Crippen LogP contribution in [0.3, 0.4) is 0 Å². The van der Waals surface area contributed by atoms with E-state index in [1.165, 1.54) is 5.56 Å². The number of quaternary nitrogens is 1. The number of hydrogen-bond donors (Lipinski definition) is 2. The first-order chi connectivity index (χ1) is 10.3. The molecule has 0 bridgehead atoms. The number of para-hydroxylation sites is 1. The minimum Gasteiger partial charge on any atom is -0.493 e. The van der Waals surface area contributed by atoms with Gasteiger partial charge in [-0.1, -0.05) is 48.5 Å². The Bertz CT molecular complexity index is 526. The van der Waals surface area contributed by atoms with E-state index >= 15 is 0 Å². The summed E-state index contributed by atoms with van der Waals surface area (Å²) in [7, 11) is 0. The van der Waals surface area contributed by atoms with Gasteiger partial charge in [-0.25, -0.2) is 0 Å². The van der Waals surface area contributed by atoms with E-state index in [0.29, 0.717) is 6.61 Å². The third-order valence-electron chi connectivity index (χ3n) is 3.29. The molecule has 0 amide bonds. The van der Waals surface area contributed by atoms with Crippen LogP contribution in [0.4, 0.5) is 0 Å². The number of hydrogen-bond acceptors (Lipinski definition) is 2. The average molecular weight is 286 g/mol. The molecule has 21 heavy (non-hydrogen) atoms. The Morgan fingerprint density at radius 1 is 1.05 bits per heavy atom. The minimum absolute atomic E-state index is 0.246. The van der Waals surface area contributed by atoms with Crippen LogP contribution in [0.2, 0.25) is 0 Å². The number of ether oxygens (including phenoxy) is 1. The van der Waals surface area contributed by atoms with Gasteiger partial charge in [0.25, 0.3) is 0 Å². The van der Waals surface area contributed by atoms with E-state index in [1.807, 2.05) is 43.3 Å². The minimum atomic E-state index is -0.246. The molecule has 0 unspecified atom stereocenters. The Morgan fingerprint density at radius 3 is 2.52 bits per heavy atom. The summed E-state index contributed by atoms with van der Waals surface area (Å²) in [5.41, 5.74) is 2.31. The average Bonchev–Trinajstić information content (AvgIpc) is 2.52. The van der Waals surface area contributed by atoms with Gasteiger partial charge in [-0.15, -0.1) is 0 Å². The standard InChI is InChI=1S/C18H23NO2/c1-15(20)14-19-12-7-13-21-18-11-6-5-10-17(18)16-8-3-2-4-9-16/h2-6,8-11,15,19-20H,7,12-14H2,1H3/p+1/t15-/m0/s1. The van der Waals surface area contributed by atoms with Crippen LogP contribution in [0, 0.1) is 0 Å². The summed E-state index contributed by atoms with van der Waals surface area (Å²) in [6.45, 7) is 4.22. The fourth-order valence-corrected chi connectivity index (χ4v) is 2.22. The fraction of sp³-hybridized carbons (Fsp3) is 0.333. The molecule has 0 aliphatic rings. The lowest BCUT2D eigenvalue weighted by atomic mass is 10.1. The zero-order valence-electron chi connectivity index (χ0n) is 12.5. The van der Waals surface area contributed by atoms with Gasteiger partial charge in [0.2, 0.25) is 0 Å². The van der Waals surface area contributed by atoms with Crippen molar-refractivity contribution in [2.45, 2.75) is 19.4 Å². The zero-order chi connectivity index (χ0) is 14.9. The maximum absolute atomic E-state index is 9.19. The first kappa shape index (κ1) is 15.5. The number of aliphatic hydroxyl groups is 1. The molecule has 3 heteroatoms. The molecular weight excluding hydrogens is 262 g/mol. The molecule has 112 valence electrons. The van der Waals surface area contributed by atoms with Crippen molar-refractivity contribution in [3.8, 4) is 16.9 Å². The fourth-order valence-electron chi connectivity index (χ4n) is 2.22. The van der Waals surface area contributed by atoms with E-state index in [0.717, 1.165) is 30.8 Å². The summed E-state index contributed by atoms with van der Waals surface area (Å²) in [5.74, 6) is 0.930. The first-order valence-corrected chi connectivity index (χ1v) is 7.54. The largest absolute Gasteiger partial charge is 0.493 e. The summed E-state index contributed by atoms with van der Waals surface area (Å²) in [5, 5.41) is 11.3. The van der Waals surface area contributed by atoms with Crippen LogP contribution in [0.5, 0.6) is 5.75 Å². The zero-order valence-corrected chi connectivity index (χ0v) is 12.5. The first-order valence-electron chi connectivity index (χ1n) is 7.54. The Morgan fingerprint density at radius 2 is 1.76 bits per heavy atom. The van der Waals surface area contributed by atoms with Crippen LogP contribution in [-0.4, -0.2) is 30.9 Å². The molecule has 3 nitrogen and oxygen atoms in total. The lowest BCUT2D eigenvalue weighted by Gasteiger charge is -2.11. The van der Waals surface area contributed by atoms with Gasteiger partial charge in [0.05, 0.1) is 19.3 Å². The van der Waals surface area contributed by atoms with E-state index in [9.17, 15) is 5.11 Å². The summed E-state index contributed by atoms with van der Waals surface area (Å²) in [6, 6.07) is 18.4. The molecule has 0 radical (unpaired) electrons. The molecular formula is C18H24NO2+. The molecule has 0 aliphatic heterocycles. The molecule has 0 fully saturated rings. The summed E-state index contributed by atoms with van der Waals surface area (Å²) < 4.78 is 5.92. The molecule has 0 spiro atoms. The number of benzene rings is 2. The monoisotopic (exact) mass is 286 g/mol. The quantitative estimate of drug-likeness (QED) is 0.730. The molecule has 2 aromatic rings. The Balaban J connectivity index is 1.87. The van der Waals surface area contributed by atoms with Crippen LogP contribution < -0.4 is 10.1 Å². The number of nitrogens with two attached hydrogens (primary N) is 1. The Labute approximate surface area is 126 Å². The summed E-state index contributed by atoms with van der Waals surface area (Å²) >= 11 is 0. The molecule has 0 saturated heterocycles. The highest BCUT2D eigenvalue weighted by Crippen LogP contribution is 2.29. The van der Waals surface area contributed by atoms with Crippen molar-refractivity contribution in [2.75, 3.05) is 19.7 Å². The summed E-state index contributed by atoms with van der Waals surface area (Å²) in [6.07, 6.45) is 0.722. The van der Waals surface area contributed by atoms with E-state index in [1.54, 1.807) is 0 Å².